The molecule has 0 radical (unpaired) electrons. The first-order valence-electron chi connectivity index (χ1n) is 5.47. The molecule has 0 amide bonds. The zero-order valence-electron chi connectivity index (χ0n) is 10.3. The number of aromatic nitrogens is 2. The average Bonchev–Trinajstić information content (AvgIpc) is 2.24. The Morgan fingerprint density at radius 1 is 1.22 bits per heavy atom. The summed E-state index contributed by atoms with van der Waals surface area (Å²) in [5.74, 6) is 0.0869. The van der Waals surface area contributed by atoms with Crippen LogP contribution in [0, 0.1) is 20.8 Å². The molecular weight excluding hydrogens is 296 g/mol. The quantitative estimate of drug-likeness (QED) is 0.851. The number of aromatic hydroxyl groups is 1. The van der Waals surface area contributed by atoms with Gasteiger partial charge in [0, 0.05) is 5.56 Å². The molecule has 2 N–H and O–H groups in total. The predicted octanol–water partition coefficient (Wildman–Crippen LogP) is 2.83. The number of rotatable bonds is 1. The van der Waals surface area contributed by atoms with Crippen LogP contribution in [0.15, 0.2) is 21.4 Å². The summed E-state index contributed by atoms with van der Waals surface area (Å²) in [5.41, 5.74) is 3.63. The maximum atomic E-state index is 11.6. The van der Waals surface area contributed by atoms with E-state index in [0.29, 0.717) is 5.82 Å². The Morgan fingerprint density at radius 2 is 1.78 bits per heavy atom. The molecule has 0 aliphatic carbocycles. The summed E-state index contributed by atoms with van der Waals surface area (Å²) in [6, 6.07) is 4.03. The molecule has 18 heavy (non-hydrogen) atoms. The van der Waals surface area contributed by atoms with E-state index in [1.165, 1.54) is 0 Å². The Labute approximate surface area is 113 Å². The van der Waals surface area contributed by atoms with Crippen molar-refractivity contribution < 1.29 is 5.11 Å². The van der Waals surface area contributed by atoms with Gasteiger partial charge in [-0.3, -0.25) is 4.79 Å². The van der Waals surface area contributed by atoms with Crippen molar-refractivity contribution in [2.75, 3.05) is 0 Å². The lowest BCUT2D eigenvalue weighted by molar-refractivity contribution is 0.448. The van der Waals surface area contributed by atoms with Crippen LogP contribution in [0.5, 0.6) is 5.88 Å². The average molecular weight is 309 g/mol. The lowest BCUT2D eigenvalue weighted by Gasteiger charge is -2.10. The van der Waals surface area contributed by atoms with E-state index in [9.17, 15) is 9.90 Å². The van der Waals surface area contributed by atoms with Crippen molar-refractivity contribution in [3.63, 3.8) is 0 Å². The van der Waals surface area contributed by atoms with Gasteiger partial charge in [0.1, 0.15) is 10.3 Å². The Hall–Kier alpha value is -1.62. The van der Waals surface area contributed by atoms with Gasteiger partial charge in [-0.15, -0.1) is 0 Å². The van der Waals surface area contributed by atoms with Gasteiger partial charge >= 0.3 is 0 Å². The van der Waals surface area contributed by atoms with Crippen LogP contribution in [0.25, 0.3) is 11.4 Å². The van der Waals surface area contributed by atoms with Crippen LogP contribution < -0.4 is 5.56 Å². The molecule has 0 unspecified atom stereocenters. The summed E-state index contributed by atoms with van der Waals surface area (Å²) < 4.78 is 0.0497. The fraction of sp³-hybridized carbons (Fsp3) is 0.231. The molecule has 0 spiro atoms. The van der Waals surface area contributed by atoms with E-state index in [2.05, 4.69) is 25.9 Å². The Bertz CT molecular complexity index is 654. The molecule has 94 valence electrons. The maximum absolute atomic E-state index is 11.6. The molecular formula is C13H13BrN2O2. The predicted molar refractivity (Wildman–Crippen MR) is 73.9 cm³/mol. The number of benzene rings is 1. The second-order valence-corrected chi connectivity index (χ2v) is 5.12. The van der Waals surface area contributed by atoms with Crippen LogP contribution in [-0.4, -0.2) is 15.1 Å². The number of H-pyrrole nitrogens is 1. The highest BCUT2D eigenvalue weighted by Gasteiger charge is 2.13. The second kappa shape index (κ2) is 4.57. The van der Waals surface area contributed by atoms with Crippen LogP contribution >= 0.6 is 15.9 Å². The normalized spacial score (nSPS) is 10.7. The van der Waals surface area contributed by atoms with Gasteiger partial charge < -0.3 is 10.1 Å². The van der Waals surface area contributed by atoms with Crippen molar-refractivity contribution in [2.45, 2.75) is 20.8 Å². The van der Waals surface area contributed by atoms with Crippen LogP contribution in [0.4, 0.5) is 0 Å². The van der Waals surface area contributed by atoms with Crippen molar-refractivity contribution in [2.24, 2.45) is 0 Å². The number of hydrogen-bond donors (Lipinski definition) is 2. The highest BCUT2D eigenvalue weighted by Crippen LogP contribution is 2.27. The Balaban J connectivity index is 2.74. The molecule has 1 aromatic carbocycles. The number of nitrogens with one attached hydrogen (secondary N) is 1. The monoisotopic (exact) mass is 308 g/mol. The van der Waals surface area contributed by atoms with Gasteiger partial charge in [-0.05, 0) is 47.8 Å². The molecule has 5 heteroatoms. The van der Waals surface area contributed by atoms with Gasteiger partial charge in [0.15, 0.2) is 0 Å². The summed E-state index contributed by atoms with van der Waals surface area (Å²) in [6.45, 7) is 5.92. The highest BCUT2D eigenvalue weighted by atomic mass is 79.9. The molecule has 1 aromatic heterocycles. The summed E-state index contributed by atoms with van der Waals surface area (Å²) in [4.78, 5) is 18.3. The van der Waals surface area contributed by atoms with Gasteiger partial charge in [-0.1, -0.05) is 17.7 Å². The van der Waals surface area contributed by atoms with E-state index >= 15 is 0 Å². The smallest absolute Gasteiger partial charge is 0.269 e. The Kier molecular flexibility index (Phi) is 3.26. The molecule has 0 aliphatic heterocycles. The van der Waals surface area contributed by atoms with Crippen molar-refractivity contribution >= 4 is 15.9 Å². The van der Waals surface area contributed by atoms with Gasteiger partial charge in [-0.2, -0.15) is 4.98 Å². The van der Waals surface area contributed by atoms with E-state index in [1.807, 2.05) is 32.9 Å². The molecule has 2 aromatic rings. The lowest BCUT2D eigenvalue weighted by atomic mass is 9.99. The van der Waals surface area contributed by atoms with Crippen molar-refractivity contribution in [3.8, 4) is 17.3 Å². The van der Waals surface area contributed by atoms with Crippen LogP contribution in [0.3, 0.4) is 0 Å². The van der Waals surface area contributed by atoms with Gasteiger partial charge in [0.05, 0.1) is 0 Å². The van der Waals surface area contributed by atoms with Crippen LogP contribution in [0.2, 0.25) is 0 Å². The summed E-state index contributed by atoms with van der Waals surface area (Å²) >= 11 is 2.98. The standard InChI is InChI=1S/C13H13BrN2O2/c1-6-4-7(2)9(8(3)5-6)11-15-12(17)10(14)13(18)16-11/h4-5H,1-3H3,(H2,15,16,17,18). The summed E-state index contributed by atoms with van der Waals surface area (Å²) in [6.07, 6.45) is 0. The lowest BCUT2D eigenvalue weighted by Crippen LogP contribution is -2.10. The minimum Gasteiger partial charge on any atom is -0.492 e. The first kappa shape index (κ1) is 12.8. The van der Waals surface area contributed by atoms with E-state index in [1.54, 1.807) is 0 Å². The third-order valence-electron chi connectivity index (χ3n) is 2.76. The van der Waals surface area contributed by atoms with E-state index in [0.717, 1.165) is 22.3 Å². The third kappa shape index (κ3) is 2.18. The number of hydrogen-bond acceptors (Lipinski definition) is 3. The first-order chi connectivity index (χ1) is 8.40. The first-order valence-corrected chi connectivity index (χ1v) is 6.26. The van der Waals surface area contributed by atoms with Crippen molar-refractivity contribution in [3.05, 3.63) is 43.6 Å². The summed E-state index contributed by atoms with van der Waals surface area (Å²) in [7, 11) is 0. The largest absolute Gasteiger partial charge is 0.492 e. The molecule has 0 fully saturated rings. The van der Waals surface area contributed by atoms with Crippen molar-refractivity contribution in [1.29, 1.82) is 0 Å². The van der Waals surface area contributed by atoms with Crippen molar-refractivity contribution in [1.82, 2.24) is 9.97 Å². The molecule has 0 bridgehead atoms. The third-order valence-corrected chi connectivity index (χ3v) is 3.47. The number of halogens is 1. The number of aromatic amines is 1. The fourth-order valence-corrected chi connectivity index (χ4v) is 2.31. The van der Waals surface area contributed by atoms with Crippen LogP contribution in [0.1, 0.15) is 16.7 Å². The minimum atomic E-state index is -0.392. The number of nitrogens with zero attached hydrogens (tertiary/aromatic N) is 1. The minimum absolute atomic E-state index is 0.0497. The van der Waals surface area contributed by atoms with Gasteiger partial charge in [0.2, 0.25) is 5.88 Å². The number of aryl methyl sites for hydroxylation is 3. The molecule has 0 saturated carbocycles. The highest BCUT2D eigenvalue weighted by molar-refractivity contribution is 9.10. The Morgan fingerprint density at radius 3 is 2.28 bits per heavy atom. The molecule has 1 heterocycles. The van der Waals surface area contributed by atoms with E-state index in [-0.39, 0.29) is 10.4 Å². The molecule has 2 rings (SSSR count). The fourth-order valence-electron chi connectivity index (χ4n) is 2.12. The topological polar surface area (TPSA) is 66.0 Å². The zero-order chi connectivity index (χ0) is 13.4. The maximum Gasteiger partial charge on any atom is 0.269 e. The molecule has 0 saturated heterocycles. The zero-order valence-corrected chi connectivity index (χ0v) is 11.9. The van der Waals surface area contributed by atoms with Gasteiger partial charge in [-0.25, -0.2) is 0 Å². The van der Waals surface area contributed by atoms with Gasteiger partial charge in [0.25, 0.3) is 5.56 Å². The van der Waals surface area contributed by atoms with Crippen LogP contribution in [-0.2, 0) is 0 Å². The molecule has 0 atom stereocenters. The van der Waals surface area contributed by atoms with E-state index in [4.69, 9.17) is 0 Å². The van der Waals surface area contributed by atoms with E-state index < -0.39 is 5.56 Å². The second-order valence-electron chi connectivity index (χ2n) is 4.33. The SMILES string of the molecule is Cc1cc(C)c(-c2nc(O)c(Br)c(=O)[nH]2)c(C)c1. The molecule has 4 nitrogen and oxygen atoms in total. The summed E-state index contributed by atoms with van der Waals surface area (Å²) in [5, 5.41) is 9.60. The molecule has 0 aliphatic rings.